The van der Waals surface area contributed by atoms with Gasteiger partial charge in [-0.25, -0.2) is 4.79 Å². The molecule has 1 rings (SSSR count). The molecule has 5 nitrogen and oxygen atoms in total. The van der Waals surface area contributed by atoms with Gasteiger partial charge in [0.15, 0.2) is 5.78 Å². The highest BCUT2D eigenvalue weighted by molar-refractivity contribution is 6.01. The lowest BCUT2D eigenvalue weighted by Gasteiger charge is -2.09. The summed E-state index contributed by atoms with van der Waals surface area (Å²) in [6, 6.07) is 0.961. The molecule has 0 unspecified atom stereocenters. The molecule has 0 radical (unpaired) electrons. The van der Waals surface area contributed by atoms with Gasteiger partial charge in [-0.1, -0.05) is 0 Å². The van der Waals surface area contributed by atoms with Crippen LogP contribution in [-0.2, 0) is 0 Å². The Morgan fingerprint density at radius 2 is 1.60 bits per heavy atom. The van der Waals surface area contributed by atoms with Gasteiger partial charge in [0.1, 0.15) is 17.1 Å². The van der Waals surface area contributed by atoms with Crippen LogP contribution < -0.4 is 0 Å². The summed E-state index contributed by atoms with van der Waals surface area (Å²) >= 11 is 0. The van der Waals surface area contributed by atoms with Gasteiger partial charge in [0.2, 0.25) is 0 Å². The number of hydrogen-bond donors (Lipinski definition) is 3. The van der Waals surface area contributed by atoms with Gasteiger partial charge in [-0.3, -0.25) is 4.79 Å². The van der Waals surface area contributed by atoms with Gasteiger partial charge in [0.05, 0.1) is 5.56 Å². The molecule has 0 saturated heterocycles. The second-order valence-electron chi connectivity index (χ2n) is 3.16. The van der Waals surface area contributed by atoms with Crippen molar-refractivity contribution in [3.63, 3.8) is 0 Å². The molecule has 80 valence electrons. The van der Waals surface area contributed by atoms with E-state index in [0.29, 0.717) is 0 Å². The van der Waals surface area contributed by atoms with Crippen LogP contribution in [0.2, 0.25) is 0 Å². The molecule has 0 aliphatic rings. The number of carbonyl (C=O) groups is 2. The highest BCUT2D eigenvalue weighted by Crippen LogP contribution is 2.33. The lowest BCUT2D eigenvalue weighted by atomic mass is 10.0. The first-order chi connectivity index (χ1) is 6.86. The normalized spacial score (nSPS) is 10.0. The molecule has 0 atom stereocenters. The zero-order valence-electron chi connectivity index (χ0n) is 8.24. The SMILES string of the molecule is CC(=O)c1cc(C(=O)O)c(O)c(C)c1O. The number of hydrogen-bond acceptors (Lipinski definition) is 4. The molecule has 0 saturated carbocycles. The van der Waals surface area contributed by atoms with Gasteiger partial charge < -0.3 is 15.3 Å². The molecule has 0 aliphatic carbocycles. The average molecular weight is 210 g/mol. The standard InChI is InChI=1S/C10H10O5/c1-4-8(12)6(5(2)11)3-7(9(4)13)10(14)15/h3,12-13H,1-2H3,(H,14,15). The van der Waals surface area contributed by atoms with Gasteiger partial charge in [0.25, 0.3) is 0 Å². The molecule has 0 bridgehead atoms. The van der Waals surface area contributed by atoms with E-state index in [-0.39, 0.29) is 16.9 Å². The van der Waals surface area contributed by atoms with Crippen molar-refractivity contribution in [2.45, 2.75) is 13.8 Å². The Morgan fingerprint density at radius 3 is 2.00 bits per heavy atom. The Bertz CT molecular complexity index is 409. The first-order valence-electron chi connectivity index (χ1n) is 4.16. The van der Waals surface area contributed by atoms with Crippen LogP contribution in [0.25, 0.3) is 0 Å². The summed E-state index contributed by atoms with van der Waals surface area (Å²) in [5.41, 5.74) is -0.515. The average Bonchev–Trinajstić information content (AvgIpc) is 2.13. The van der Waals surface area contributed by atoms with Crippen molar-refractivity contribution in [1.82, 2.24) is 0 Å². The van der Waals surface area contributed by atoms with E-state index in [1.807, 2.05) is 0 Å². The van der Waals surface area contributed by atoms with E-state index >= 15 is 0 Å². The molecule has 0 spiro atoms. The molecule has 5 heteroatoms. The number of aromatic hydroxyl groups is 2. The molecular formula is C10H10O5. The number of phenols is 2. The van der Waals surface area contributed by atoms with Gasteiger partial charge in [-0.2, -0.15) is 0 Å². The van der Waals surface area contributed by atoms with Crippen molar-refractivity contribution in [3.8, 4) is 11.5 Å². The van der Waals surface area contributed by atoms with Crippen LogP contribution in [0, 0.1) is 6.92 Å². The quantitative estimate of drug-likeness (QED) is 0.639. The fourth-order valence-corrected chi connectivity index (χ4v) is 1.23. The van der Waals surface area contributed by atoms with Gasteiger partial charge in [-0.15, -0.1) is 0 Å². The van der Waals surface area contributed by atoms with Crippen LogP contribution in [0.3, 0.4) is 0 Å². The van der Waals surface area contributed by atoms with E-state index < -0.39 is 23.1 Å². The van der Waals surface area contributed by atoms with E-state index in [4.69, 9.17) is 5.11 Å². The van der Waals surface area contributed by atoms with Crippen LogP contribution in [0.1, 0.15) is 33.2 Å². The molecule has 1 aromatic rings. The minimum absolute atomic E-state index is 0.0138. The molecule has 0 amide bonds. The largest absolute Gasteiger partial charge is 0.507 e. The van der Waals surface area contributed by atoms with E-state index in [1.165, 1.54) is 13.8 Å². The minimum Gasteiger partial charge on any atom is -0.507 e. The Labute approximate surface area is 85.6 Å². The number of phenolic OH excluding ortho intramolecular Hbond substituents is 1. The number of Topliss-reactive ketones (excluding diaryl/α,β-unsaturated/α-hetero) is 1. The third kappa shape index (κ3) is 1.76. The van der Waals surface area contributed by atoms with Crippen molar-refractivity contribution in [2.75, 3.05) is 0 Å². The zero-order valence-corrected chi connectivity index (χ0v) is 8.24. The highest BCUT2D eigenvalue weighted by Gasteiger charge is 2.20. The van der Waals surface area contributed by atoms with E-state index in [9.17, 15) is 19.8 Å². The number of carboxylic acids is 1. The van der Waals surface area contributed by atoms with Crippen LogP contribution in [0.4, 0.5) is 0 Å². The van der Waals surface area contributed by atoms with E-state index in [1.54, 1.807) is 0 Å². The minimum atomic E-state index is -1.35. The number of carbonyl (C=O) groups excluding carboxylic acids is 1. The van der Waals surface area contributed by atoms with Crippen molar-refractivity contribution < 1.29 is 24.9 Å². The van der Waals surface area contributed by atoms with Crippen molar-refractivity contribution in [3.05, 3.63) is 22.8 Å². The zero-order chi connectivity index (χ0) is 11.7. The van der Waals surface area contributed by atoms with Crippen LogP contribution in [-0.4, -0.2) is 27.1 Å². The third-order valence-electron chi connectivity index (χ3n) is 2.12. The van der Waals surface area contributed by atoms with Crippen LogP contribution in [0.5, 0.6) is 11.5 Å². The maximum Gasteiger partial charge on any atom is 0.339 e. The van der Waals surface area contributed by atoms with Gasteiger partial charge in [0, 0.05) is 5.56 Å². The van der Waals surface area contributed by atoms with Crippen LogP contribution in [0.15, 0.2) is 6.07 Å². The van der Waals surface area contributed by atoms with Crippen molar-refractivity contribution >= 4 is 11.8 Å². The number of rotatable bonds is 2. The maximum atomic E-state index is 11.1. The summed E-state index contributed by atoms with van der Waals surface area (Å²) < 4.78 is 0. The third-order valence-corrected chi connectivity index (χ3v) is 2.12. The predicted octanol–water partition coefficient (Wildman–Crippen LogP) is 1.31. The molecule has 0 aliphatic heterocycles. The van der Waals surface area contributed by atoms with Gasteiger partial charge in [-0.05, 0) is 19.9 Å². The monoisotopic (exact) mass is 210 g/mol. The number of aromatic carboxylic acids is 1. The fourth-order valence-electron chi connectivity index (χ4n) is 1.23. The smallest absolute Gasteiger partial charge is 0.339 e. The van der Waals surface area contributed by atoms with E-state index in [2.05, 4.69) is 0 Å². The Morgan fingerprint density at radius 1 is 1.13 bits per heavy atom. The first-order valence-corrected chi connectivity index (χ1v) is 4.16. The molecule has 0 fully saturated rings. The van der Waals surface area contributed by atoms with Crippen molar-refractivity contribution in [1.29, 1.82) is 0 Å². The topological polar surface area (TPSA) is 94.8 Å². The summed E-state index contributed by atoms with van der Waals surface area (Å²) in [5, 5.41) is 27.6. The predicted molar refractivity (Wildman–Crippen MR) is 51.5 cm³/mol. The van der Waals surface area contributed by atoms with Gasteiger partial charge >= 0.3 is 5.97 Å². The lowest BCUT2D eigenvalue weighted by Crippen LogP contribution is -2.03. The molecule has 0 aromatic heterocycles. The number of ketones is 1. The maximum absolute atomic E-state index is 11.1. The Balaban J connectivity index is 3.59. The Kier molecular flexibility index (Phi) is 2.65. The second kappa shape index (κ2) is 3.61. The summed E-state index contributed by atoms with van der Waals surface area (Å²) in [6.07, 6.45) is 0. The molecule has 3 N–H and O–H groups in total. The molecule has 15 heavy (non-hydrogen) atoms. The van der Waals surface area contributed by atoms with Crippen molar-refractivity contribution in [2.24, 2.45) is 0 Å². The summed E-state index contributed by atoms with van der Waals surface area (Å²) in [5.74, 6) is -2.72. The number of carboxylic acid groups (broad SMARTS) is 1. The van der Waals surface area contributed by atoms with E-state index in [0.717, 1.165) is 6.07 Å². The number of benzene rings is 1. The fraction of sp³-hybridized carbons (Fsp3) is 0.200. The highest BCUT2D eigenvalue weighted by atomic mass is 16.4. The summed E-state index contributed by atoms with van der Waals surface area (Å²) in [6.45, 7) is 2.54. The van der Waals surface area contributed by atoms with Crippen LogP contribution >= 0.6 is 0 Å². The molecule has 0 heterocycles. The first kappa shape index (κ1) is 11.0. The molecular weight excluding hydrogens is 200 g/mol. The summed E-state index contributed by atoms with van der Waals surface area (Å²) in [7, 11) is 0. The summed E-state index contributed by atoms with van der Waals surface area (Å²) in [4.78, 5) is 21.8. The Hall–Kier alpha value is -2.04. The lowest BCUT2D eigenvalue weighted by molar-refractivity contribution is 0.0693. The molecule has 1 aromatic carbocycles. The second-order valence-corrected chi connectivity index (χ2v) is 3.16.